The third-order valence-electron chi connectivity index (χ3n) is 3.54. The highest BCUT2D eigenvalue weighted by molar-refractivity contribution is 5.53. The summed E-state index contributed by atoms with van der Waals surface area (Å²) in [6.07, 6.45) is 0. The Kier molecular flexibility index (Phi) is 4.74. The number of aryl methyl sites for hydroxylation is 1. The lowest BCUT2D eigenvalue weighted by molar-refractivity contribution is 0.609. The minimum absolute atomic E-state index is 0.227. The fraction of sp³-hybridized carbons (Fsp3) is 0.294. The van der Waals surface area contributed by atoms with Crippen molar-refractivity contribution in [3.63, 3.8) is 0 Å². The van der Waals surface area contributed by atoms with E-state index in [1.165, 1.54) is 17.3 Å². The molecule has 0 heterocycles. The molecule has 0 aromatic heterocycles. The summed E-state index contributed by atoms with van der Waals surface area (Å²) in [5.41, 5.74) is 9.68. The molecule has 0 aliphatic heterocycles. The van der Waals surface area contributed by atoms with Crippen LogP contribution in [-0.2, 0) is 13.1 Å². The second kappa shape index (κ2) is 6.53. The van der Waals surface area contributed by atoms with Crippen LogP contribution in [0.25, 0.3) is 0 Å². The van der Waals surface area contributed by atoms with Crippen LogP contribution in [0, 0.1) is 12.7 Å². The second-order valence-corrected chi connectivity index (χ2v) is 4.93. The van der Waals surface area contributed by atoms with Gasteiger partial charge in [-0.1, -0.05) is 24.3 Å². The van der Waals surface area contributed by atoms with Gasteiger partial charge in [-0.05, 0) is 43.2 Å². The van der Waals surface area contributed by atoms with Crippen LogP contribution in [0.4, 0.5) is 10.1 Å². The molecule has 2 nitrogen and oxygen atoms in total. The smallest absolute Gasteiger partial charge is 0.127 e. The summed E-state index contributed by atoms with van der Waals surface area (Å²) in [7, 11) is 0. The van der Waals surface area contributed by atoms with E-state index in [4.69, 9.17) is 5.73 Å². The highest BCUT2D eigenvalue weighted by Gasteiger charge is 2.09. The fourth-order valence-electron chi connectivity index (χ4n) is 2.39. The first kappa shape index (κ1) is 14.5. The maximum atomic E-state index is 13.5. The molecule has 2 aromatic carbocycles. The average molecular weight is 272 g/mol. The van der Waals surface area contributed by atoms with Crippen LogP contribution < -0.4 is 10.6 Å². The Bertz CT molecular complexity index is 581. The molecule has 2 N–H and O–H groups in total. The van der Waals surface area contributed by atoms with E-state index in [0.717, 1.165) is 18.7 Å². The molecule has 106 valence electrons. The Hall–Kier alpha value is -1.87. The van der Waals surface area contributed by atoms with Crippen LogP contribution in [0.5, 0.6) is 0 Å². The van der Waals surface area contributed by atoms with E-state index in [0.29, 0.717) is 5.56 Å². The molecule has 20 heavy (non-hydrogen) atoms. The van der Waals surface area contributed by atoms with Gasteiger partial charge in [-0.25, -0.2) is 4.39 Å². The van der Waals surface area contributed by atoms with E-state index in [2.05, 4.69) is 30.9 Å². The van der Waals surface area contributed by atoms with Gasteiger partial charge in [0.1, 0.15) is 5.82 Å². The fourth-order valence-corrected chi connectivity index (χ4v) is 2.39. The number of para-hydroxylation sites is 1. The molecule has 0 amide bonds. The zero-order valence-corrected chi connectivity index (χ0v) is 12.1. The first-order valence-electron chi connectivity index (χ1n) is 6.93. The van der Waals surface area contributed by atoms with Crippen molar-refractivity contribution in [3.8, 4) is 0 Å². The summed E-state index contributed by atoms with van der Waals surface area (Å²) >= 11 is 0. The zero-order valence-electron chi connectivity index (χ0n) is 12.1. The van der Waals surface area contributed by atoms with E-state index in [1.54, 1.807) is 0 Å². The molecular weight excluding hydrogens is 251 g/mol. The SMILES string of the molecule is CCN(Cc1ccc(F)c(CN)c1)c1ccccc1C. The van der Waals surface area contributed by atoms with E-state index < -0.39 is 0 Å². The van der Waals surface area contributed by atoms with E-state index in [-0.39, 0.29) is 12.4 Å². The summed E-state index contributed by atoms with van der Waals surface area (Å²) in [4.78, 5) is 2.28. The average Bonchev–Trinajstić information content (AvgIpc) is 2.47. The molecule has 0 saturated heterocycles. The van der Waals surface area contributed by atoms with Gasteiger partial charge < -0.3 is 10.6 Å². The standard InChI is InChI=1S/C17H21FN2/c1-3-20(17-7-5-4-6-13(17)2)12-14-8-9-16(18)15(10-14)11-19/h4-10H,3,11-12,19H2,1-2H3. The molecule has 0 unspecified atom stereocenters. The lowest BCUT2D eigenvalue weighted by atomic mass is 10.1. The largest absolute Gasteiger partial charge is 0.367 e. The molecule has 2 rings (SSSR count). The maximum Gasteiger partial charge on any atom is 0.127 e. The maximum absolute atomic E-state index is 13.5. The van der Waals surface area contributed by atoms with Crippen molar-refractivity contribution in [2.24, 2.45) is 5.73 Å². The Morgan fingerprint density at radius 1 is 1.15 bits per heavy atom. The summed E-state index contributed by atoms with van der Waals surface area (Å²) in [6.45, 7) is 6.12. The molecule has 0 atom stereocenters. The molecule has 0 aliphatic rings. The minimum atomic E-state index is -0.227. The number of hydrogen-bond donors (Lipinski definition) is 1. The van der Waals surface area contributed by atoms with E-state index in [1.807, 2.05) is 24.3 Å². The first-order valence-corrected chi connectivity index (χ1v) is 6.93. The summed E-state index contributed by atoms with van der Waals surface area (Å²) < 4.78 is 13.5. The van der Waals surface area contributed by atoms with Crippen LogP contribution in [0.2, 0.25) is 0 Å². The van der Waals surface area contributed by atoms with Gasteiger partial charge in [0.2, 0.25) is 0 Å². The third-order valence-corrected chi connectivity index (χ3v) is 3.54. The molecule has 3 heteroatoms. The number of benzene rings is 2. The van der Waals surface area contributed by atoms with Gasteiger partial charge in [-0.15, -0.1) is 0 Å². The summed E-state index contributed by atoms with van der Waals surface area (Å²) in [5, 5.41) is 0. The molecule has 0 fully saturated rings. The van der Waals surface area contributed by atoms with Crippen LogP contribution in [0.15, 0.2) is 42.5 Å². The van der Waals surface area contributed by atoms with Gasteiger partial charge in [0.25, 0.3) is 0 Å². The van der Waals surface area contributed by atoms with Crippen LogP contribution >= 0.6 is 0 Å². The van der Waals surface area contributed by atoms with Crippen molar-refractivity contribution in [3.05, 3.63) is 65.0 Å². The Labute approximate surface area is 120 Å². The molecule has 2 aromatic rings. The van der Waals surface area contributed by atoms with E-state index in [9.17, 15) is 4.39 Å². The van der Waals surface area contributed by atoms with E-state index >= 15 is 0 Å². The number of rotatable bonds is 5. The van der Waals surface area contributed by atoms with Gasteiger partial charge >= 0.3 is 0 Å². The zero-order chi connectivity index (χ0) is 14.5. The van der Waals surface area contributed by atoms with Crippen molar-refractivity contribution in [2.45, 2.75) is 26.9 Å². The normalized spacial score (nSPS) is 10.6. The lowest BCUT2D eigenvalue weighted by Gasteiger charge is -2.25. The van der Waals surface area contributed by atoms with Crippen LogP contribution in [0.1, 0.15) is 23.6 Å². The number of nitrogens with zero attached hydrogens (tertiary/aromatic N) is 1. The topological polar surface area (TPSA) is 29.3 Å². The lowest BCUT2D eigenvalue weighted by Crippen LogP contribution is -2.23. The number of halogens is 1. The molecular formula is C17H21FN2. The van der Waals surface area contributed by atoms with Gasteiger partial charge in [0.05, 0.1) is 0 Å². The van der Waals surface area contributed by atoms with Gasteiger partial charge in [-0.2, -0.15) is 0 Å². The number of anilines is 1. The van der Waals surface area contributed by atoms with Crippen molar-refractivity contribution in [2.75, 3.05) is 11.4 Å². The Morgan fingerprint density at radius 2 is 1.90 bits per heavy atom. The predicted molar refractivity (Wildman–Crippen MR) is 82.2 cm³/mol. The second-order valence-electron chi connectivity index (χ2n) is 4.93. The molecule has 0 saturated carbocycles. The highest BCUT2D eigenvalue weighted by atomic mass is 19.1. The molecule has 0 radical (unpaired) electrons. The third kappa shape index (κ3) is 3.17. The summed E-state index contributed by atoms with van der Waals surface area (Å²) in [5.74, 6) is -0.227. The Balaban J connectivity index is 2.25. The predicted octanol–water partition coefficient (Wildman–Crippen LogP) is 3.62. The van der Waals surface area contributed by atoms with Gasteiger partial charge in [-0.3, -0.25) is 0 Å². The van der Waals surface area contributed by atoms with Crippen molar-refractivity contribution in [1.82, 2.24) is 0 Å². The van der Waals surface area contributed by atoms with Crippen molar-refractivity contribution < 1.29 is 4.39 Å². The van der Waals surface area contributed by atoms with Crippen LogP contribution in [-0.4, -0.2) is 6.54 Å². The number of hydrogen-bond acceptors (Lipinski definition) is 2. The van der Waals surface area contributed by atoms with Crippen molar-refractivity contribution >= 4 is 5.69 Å². The molecule has 0 bridgehead atoms. The van der Waals surface area contributed by atoms with Crippen molar-refractivity contribution in [1.29, 1.82) is 0 Å². The summed E-state index contributed by atoms with van der Waals surface area (Å²) in [6, 6.07) is 13.5. The monoisotopic (exact) mass is 272 g/mol. The molecule has 0 spiro atoms. The first-order chi connectivity index (χ1) is 9.65. The van der Waals surface area contributed by atoms with Crippen LogP contribution in [0.3, 0.4) is 0 Å². The number of nitrogens with two attached hydrogens (primary N) is 1. The Morgan fingerprint density at radius 3 is 2.55 bits per heavy atom. The quantitative estimate of drug-likeness (QED) is 0.900. The minimum Gasteiger partial charge on any atom is -0.367 e. The van der Waals surface area contributed by atoms with Gasteiger partial charge in [0.15, 0.2) is 0 Å². The van der Waals surface area contributed by atoms with Gasteiger partial charge in [0, 0.05) is 30.9 Å². The highest BCUT2D eigenvalue weighted by Crippen LogP contribution is 2.22. The molecule has 0 aliphatic carbocycles.